The van der Waals surface area contributed by atoms with Crippen LogP contribution in [0, 0.1) is 13.8 Å². The van der Waals surface area contributed by atoms with Gasteiger partial charge in [-0.1, -0.05) is 0 Å². The van der Waals surface area contributed by atoms with Crippen LogP contribution < -0.4 is 5.32 Å². The van der Waals surface area contributed by atoms with E-state index in [1.807, 2.05) is 0 Å². The molecule has 1 N–H and O–H groups in total. The van der Waals surface area contributed by atoms with Crippen molar-refractivity contribution >= 4 is 11.5 Å². The van der Waals surface area contributed by atoms with Crippen LogP contribution in [0.1, 0.15) is 17.0 Å². The van der Waals surface area contributed by atoms with Crippen molar-refractivity contribution in [1.82, 2.24) is 19.7 Å². The Balaban J connectivity index is 1.87. The lowest BCUT2D eigenvalue weighted by atomic mass is 10.1. The van der Waals surface area contributed by atoms with Crippen molar-refractivity contribution in [3.8, 4) is 11.3 Å². The highest BCUT2D eigenvalue weighted by Crippen LogP contribution is 2.31. The minimum absolute atomic E-state index is 0.227. The first-order valence-corrected chi connectivity index (χ1v) is 8.31. The molecule has 1 aromatic carbocycles. The zero-order chi connectivity index (χ0) is 21.4. The first-order chi connectivity index (χ1) is 13.4. The van der Waals surface area contributed by atoms with Crippen LogP contribution in [0.3, 0.4) is 0 Å². The van der Waals surface area contributed by atoms with Gasteiger partial charge < -0.3 is 5.32 Å². The van der Waals surface area contributed by atoms with Crippen LogP contribution >= 0.6 is 0 Å². The highest BCUT2D eigenvalue weighted by molar-refractivity contribution is 5.66. The predicted octanol–water partition coefficient (Wildman–Crippen LogP) is 5.28. The monoisotopic (exact) mass is 415 g/mol. The molecule has 0 aliphatic carbocycles. The average molecular weight is 415 g/mol. The van der Waals surface area contributed by atoms with Crippen molar-refractivity contribution in [2.75, 3.05) is 5.32 Å². The summed E-state index contributed by atoms with van der Waals surface area (Å²) in [5.41, 5.74) is 0.911. The lowest BCUT2D eigenvalue weighted by molar-refractivity contribution is -0.143. The van der Waals surface area contributed by atoms with E-state index in [1.54, 1.807) is 6.92 Å². The molecule has 0 radical (unpaired) electrons. The Morgan fingerprint density at radius 1 is 0.966 bits per heavy atom. The van der Waals surface area contributed by atoms with E-state index in [9.17, 15) is 26.3 Å². The van der Waals surface area contributed by atoms with Crippen molar-refractivity contribution < 1.29 is 26.3 Å². The van der Waals surface area contributed by atoms with E-state index in [-0.39, 0.29) is 11.5 Å². The highest BCUT2D eigenvalue weighted by atomic mass is 19.4. The lowest BCUT2D eigenvalue weighted by Gasteiger charge is -2.10. The molecule has 3 rings (SSSR count). The molecular formula is C18H15F6N5. The second-order valence-corrected chi connectivity index (χ2v) is 6.31. The van der Waals surface area contributed by atoms with E-state index in [1.165, 1.54) is 31.5 Å². The maximum Gasteiger partial charge on any atom is 0.416 e. The van der Waals surface area contributed by atoms with E-state index in [0.29, 0.717) is 22.6 Å². The number of nitrogens with zero attached hydrogens (tertiary/aromatic N) is 4. The number of alkyl halides is 6. The summed E-state index contributed by atoms with van der Waals surface area (Å²) in [5.74, 6) is 0.227. The van der Waals surface area contributed by atoms with Gasteiger partial charge in [-0.15, -0.1) is 0 Å². The van der Waals surface area contributed by atoms with Crippen LogP contribution in [0.25, 0.3) is 11.3 Å². The molecule has 2 aromatic heterocycles. The molecule has 0 amide bonds. The topological polar surface area (TPSA) is 55.6 Å². The van der Waals surface area contributed by atoms with Gasteiger partial charge in [0, 0.05) is 16.9 Å². The third-order valence-corrected chi connectivity index (χ3v) is 4.09. The molecule has 29 heavy (non-hydrogen) atoms. The number of halogens is 6. The van der Waals surface area contributed by atoms with Crippen LogP contribution in [-0.2, 0) is 12.7 Å². The zero-order valence-electron chi connectivity index (χ0n) is 15.2. The van der Waals surface area contributed by atoms with Crippen LogP contribution in [-0.4, -0.2) is 25.9 Å². The van der Waals surface area contributed by atoms with Crippen molar-refractivity contribution in [1.29, 1.82) is 0 Å². The summed E-state index contributed by atoms with van der Waals surface area (Å²) < 4.78 is 76.9. The fourth-order valence-corrected chi connectivity index (χ4v) is 2.83. The van der Waals surface area contributed by atoms with Gasteiger partial charge in [-0.25, -0.2) is 4.98 Å². The van der Waals surface area contributed by atoms with E-state index in [4.69, 9.17) is 0 Å². The second-order valence-electron chi connectivity index (χ2n) is 6.31. The Kier molecular flexibility index (Phi) is 5.24. The van der Waals surface area contributed by atoms with Crippen LogP contribution in [0.15, 0.2) is 36.7 Å². The molecule has 0 aliphatic heterocycles. The minimum Gasteiger partial charge on any atom is -0.339 e. The summed E-state index contributed by atoms with van der Waals surface area (Å²) in [4.78, 5) is 8.33. The Hall–Kier alpha value is -3.11. The Bertz CT molecular complexity index is 1010. The first kappa shape index (κ1) is 20.6. The average Bonchev–Trinajstić information content (AvgIpc) is 2.86. The van der Waals surface area contributed by atoms with Crippen molar-refractivity contribution in [3.63, 3.8) is 0 Å². The first-order valence-electron chi connectivity index (χ1n) is 8.31. The van der Waals surface area contributed by atoms with Gasteiger partial charge >= 0.3 is 12.4 Å². The molecule has 0 bridgehead atoms. The second kappa shape index (κ2) is 7.37. The number of benzene rings is 1. The fraction of sp³-hybridized carbons (Fsp3) is 0.278. The molecular weight excluding hydrogens is 400 g/mol. The molecule has 3 aromatic rings. The summed E-state index contributed by atoms with van der Waals surface area (Å²) >= 11 is 0. The summed E-state index contributed by atoms with van der Waals surface area (Å²) in [7, 11) is 0. The number of aromatic nitrogens is 4. The van der Waals surface area contributed by atoms with Gasteiger partial charge in [-0.3, -0.25) is 9.67 Å². The van der Waals surface area contributed by atoms with Gasteiger partial charge in [0.2, 0.25) is 0 Å². The van der Waals surface area contributed by atoms with Gasteiger partial charge in [0.25, 0.3) is 0 Å². The van der Waals surface area contributed by atoms with Crippen molar-refractivity contribution in [2.24, 2.45) is 0 Å². The molecule has 0 saturated carbocycles. The van der Waals surface area contributed by atoms with Gasteiger partial charge in [-0.2, -0.15) is 31.4 Å². The fourth-order valence-electron chi connectivity index (χ4n) is 2.83. The number of nitrogens with one attached hydrogen (secondary N) is 1. The van der Waals surface area contributed by atoms with E-state index in [0.717, 1.165) is 16.8 Å². The molecule has 0 saturated heterocycles. The van der Waals surface area contributed by atoms with Gasteiger partial charge in [0.15, 0.2) is 0 Å². The molecule has 0 atom stereocenters. The smallest absolute Gasteiger partial charge is 0.339 e. The summed E-state index contributed by atoms with van der Waals surface area (Å²) in [5, 5.41) is 6.75. The largest absolute Gasteiger partial charge is 0.416 e. The third-order valence-electron chi connectivity index (χ3n) is 4.09. The molecule has 0 spiro atoms. The van der Waals surface area contributed by atoms with Crippen molar-refractivity contribution in [2.45, 2.75) is 32.7 Å². The molecule has 0 fully saturated rings. The Morgan fingerprint density at radius 2 is 1.62 bits per heavy atom. The van der Waals surface area contributed by atoms with Crippen LogP contribution in [0.2, 0.25) is 0 Å². The molecule has 2 heterocycles. The zero-order valence-corrected chi connectivity index (χ0v) is 15.2. The maximum absolute atomic E-state index is 12.7. The standard InChI is InChI=1S/C18H15F6N5/c1-10-16(11(2)29(28-10)9-17(19,20)21)14-7-25-8-15(27-14)26-13-5-3-12(4-6-13)18(22,23)24/h3-8H,9H2,1-2H3,(H,26,27). The normalized spacial score (nSPS) is 12.3. The quantitative estimate of drug-likeness (QED) is 0.589. The van der Waals surface area contributed by atoms with Gasteiger partial charge in [-0.05, 0) is 38.1 Å². The molecule has 11 heteroatoms. The van der Waals surface area contributed by atoms with Crippen LogP contribution in [0.5, 0.6) is 0 Å². The number of rotatable bonds is 4. The summed E-state index contributed by atoms with van der Waals surface area (Å²) in [6.45, 7) is 1.84. The summed E-state index contributed by atoms with van der Waals surface area (Å²) in [6, 6.07) is 4.34. The number of hydrogen-bond donors (Lipinski definition) is 1. The molecule has 5 nitrogen and oxygen atoms in total. The minimum atomic E-state index is -4.44. The third kappa shape index (κ3) is 4.84. The summed E-state index contributed by atoms with van der Waals surface area (Å²) in [6.07, 6.45) is -6.12. The van der Waals surface area contributed by atoms with E-state index in [2.05, 4.69) is 20.4 Å². The van der Waals surface area contributed by atoms with Crippen LogP contribution in [0.4, 0.5) is 37.8 Å². The van der Waals surface area contributed by atoms with Gasteiger partial charge in [0.05, 0.1) is 29.3 Å². The van der Waals surface area contributed by atoms with E-state index >= 15 is 0 Å². The number of aryl methyl sites for hydroxylation is 1. The number of hydrogen-bond acceptors (Lipinski definition) is 4. The van der Waals surface area contributed by atoms with Gasteiger partial charge in [0.1, 0.15) is 12.4 Å². The van der Waals surface area contributed by atoms with E-state index < -0.39 is 24.5 Å². The molecule has 0 aliphatic rings. The highest BCUT2D eigenvalue weighted by Gasteiger charge is 2.31. The SMILES string of the molecule is Cc1nn(CC(F)(F)F)c(C)c1-c1cncc(Nc2ccc(C(F)(F)F)cc2)n1. The maximum atomic E-state index is 12.7. The lowest BCUT2D eigenvalue weighted by Crippen LogP contribution is -2.19. The predicted molar refractivity (Wildman–Crippen MR) is 93.5 cm³/mol. The number of anilines is 2. The molecule has 0 unspecified atom stereocenters. The van der Waals surface area contributed by atoms with Crippen molar-refractivity contribution in [3.05, 3.63) is 53.6 Å². The Morgan fingerprint density at radius 3 is 2.21 bits per heavy atom. The molecule has 154 valence electrons. The Labute approximate surface area is 161 Å².